The van der Waals surface area contributed by atoms with Crippen LogP contribution in [0.4, 0.5) is 0 Å². The fourth-order valence-corrected chi connectivity index (χ4v) is 5.93. The van der Waals surface area contributed by atoms with Crippen LogP contribution in [-0.2, 0) is 18.6 Å². The largest absolute Gasteiger partial charge is 0.470 e. The first-order chi connectivity index (χ1) is 14.4. The molecule has 2 heterocycles. The molecule has 0 aromatic rings. The second kappa shape index (κ2) is 12.6. The highest BCUT2D eigenvalue weighted by Gasteiger charge is 2.51. The molecule has 2 saturated heterocycles. The number of hydrogen-bond donors (Lipinski definition) is 5. The number of nitrogens with zero attached hydrogens (tertiary/aromatic N) is 1. The maximum Gasteiger partial charge on any atom is 0.470 e. The summed E-state index contributed by atoms with van der Waals surface area (Å²) in [6, 6.07) is -1.18. The minimum absolute atomic E-state index is 0. The maximum atomic E-state index is 13.0. The van der Waals surface area contributed by atoms with E-state index < -0.39 is 49.1 Å². The molecule has 2 aliphatic rings. The smallest absolute Gasteiger partial charge is 0.412 e. The lowest BCUT2D eigenvalue weighted by atomic mass is 9.92. The van der Waals surface area contributed by atoms with Gasteiger partial charge in [-0.1, -0.05) is 13.3 Å². The van der Waals surface area contributed by atoms with Crippen molar-refractivity contribution in [3.8, 4) is 0 Å². The van der Waals surface area contributed by atoms with Crippen molar-refractivity contribution in [3.63, 3.8) is 0 Å². The van der Waals surface area contributed by atoms with Crippen LogP contribution in [0.1, 0.15) is 33.1 Å². The van der Waals surface area contributed by atoms with Gasteiger partial charge in [0.15, 0.2) is 0 Å². The maximum absolute atomic E-state index is 13.0. The lowest BCUT2D eigenvalue weighted by molar-refractivity contribution is -0.201. The van der Waals surface area contributed by atoms with Crippen molar-refractivity contribution in [1.82, 2.24) is 10.2 Å². The summed E-state index contributed by atoms with van der Waals surface area (Å²) in [7, 11) is -3.04. The number of ether oxygens (including phenoxy) is 1. The van der Waals surface area contributed by atoms with E-state index in [9.17, 15) is 19.6 Å². The number of halogens is 1. The second-order valence-electron chi connectivity index (χ2n) is 8.30. The highest BCUT2D eigenvalue weighted by Crippen LogP contribution is 2.43. The molecular formula is C18H36ClN2O9PS. The third kappa shape index (κ3) is 7.51. The standard InChI is InChI=1S/C18H34ClN2O8PS.H2O/c1-5-6-10-7-11(21(3)8-10)17(24)20-12(9(2)19)15-13(22)14(23)16(18(28-15)31-4)29-30(25,26)27;/h9-16,18,22-23H,5-8H2,1-4H3,(H,20,24)(H2,25,26,27);1H2/t9-,10+,11-,12+,13+,14-,15+,16+,18+;/m0./s1. The van der Waals surface area contributed by atoms with Gasteiger partial charge in [0.25, 0.3) is 0 Å². The lowest BCUT2D eigenvalue weighted by Gasteiger charge is -2.45. The molecule has 2 fully saturated rings. The zero-order valence-electron chi connectivity index (χ0n) is 18.6. The molecule has 2 rings (SSSR count). The Morgan fingerprint density at radius 1 is 1.38 bits per heavy atom. The van der Waals surface area contributed by atoms with Gasteiger partial charge in [0.05, 0.1) is 17.5 Å². The van der Waals surface area contributed by atoms with Crippen molar-refractivity contribution in [2.45, 2.75) is 80.4 Å². The zero-order chi connectivity index (χ0) is 23.5. The van der Waals surface area contributed by atoms with E-state index in [1.54, 1.807) is 13.2 Å². The van der Waals surface area contributed by atoms with Crippen molar-refractivity contribution < 1.29 is 44.1 Å². The number of phosphoric acid groups is 1. The summed E-state index contributed by atoms with van der Waals surface area (Å²) in [5, 5.41) is 23.4. The van der Waals surface area contributed by atoms with E-state index in [4.69, 9.17) is 26.1 Å². The van der Waals surface area contributed by atoms with Gasteiger partial charge in [-0.2, -0.15) is 0 Å². The van der Waals surface area contributed by atoms with Gasteiger partial charge in [-0.05, 0) is 39.0 Å². The van der Waals surface area contributed by atoms with Gasteiger partial charge in [-0.3, -0.25) is 14.2 Å². The molecule has 32 heavy (non-hydrogen) atoms. The van der Waals surface area contributed by atoms with E-state index in [0.717, 1.165) is 37.6 Å². The molecular weight excluding hydrogens is 487 g/mol. The molecule has 0 spiro atoms. The summed E-state index contributed by atoms with van der Waals surface area (Å²) in [5.41, 5.74) is -0.992. The van der Waals surface area contributed by atoms with Crippen molar-refractivity contribution in [2.24, 2.45) is 5.92 Å². The molecule has 9 atom stereocenters. The van der Waals surface area contributed by atoms with E-state index in [1.807, 2.05) is 11.9 Å². The van der Waals surface area contributed by atoms with Crippen molar-refractivity contribution >= 4 is 37.1 Å². The van der Waals surface area contributed by atoms with Crippen molar-refractivity contribution in [1.29, 1.82) is 0 Å². The number of likely N-dealkylation sites (N-methyl/N-ethyl adjacent to an activating group) is 1. The monoisotopic (exact) mass is 522 g/mol. The van der Waals surface area contributed by atoms with Crippen LogP contribution in [0.15, 0.2) is 0 Å². The molecule has 0 saturated carbocycles. The first-order valence-electron chi connectivity index (χ1n) is 10.3. The number of carbonyl (C=O) groups is 1. The average Bonchev–Trinajstić information content (AvgIpc) is 3.03. The molecule has 14 heteroatoms. The summed E-state index contributed by atoms with van der Waals surface area (Å²) >= 11 is 7.38. The van der Waals surface area contributed by atoms with Gasteiger partial charge in [0.1, 0.15) is 29.9 Å². The number of aliphatic hydroxyl groups is 2. The van der Waals surface area contributed by atoms with Gasteiger partial charge >= 0.3 is 7.82 Å². The van der Waals surface area contributed by atoms with Gasteiger partial charge in [0, 0.05) is 6.54 Å². The second-order valence-corrected chi connectivity index (χ2v) is 11.1. The van der Waals surface area contributed by atoms with Crippen LogP contribution in [-0.4, -0.2) is 103 Å². The van der Waals surface area contributed by atoms with Crippen LogP contribution < -0.4 is 5.32 Å². The minimum Gasteiger partial charge on any atom is -0.412 e. The van der Waals surface area contributed by atoms with Gasteiger partial charge in [0.2, 0.25) is 5.91 Å². The number of aliphatic hydroxyl groups excluding tert-OH is 2. The number of nitrogens with one attached hydrogen (secondary N) is 1. The fourth-order valence-electron chi connectivity index (χ4n) is 4.37. The Bertz CT molecular complexity index is 656. The van der Waals surface area contributed by atoms with E-state index in [2.05, 4.69) is 16.8 Å². The van der Waals surface area contributed by atoms with Crippen molar-refractivity contribution in [3.05, 3.63) is 0 Å². The number of alkyl halides is 1. The average molecular weight is 523 g/mol. The fraction of sp³-hybridized carbons (Fsp3) is 0.944. The Kier molecular flexibility index (Phi) is 11.9. The van der Waals surface area contributed by atoms with Gasteiger partial charge in [-0.15, -0.1) is 23.4 Å². The summed E-state index contributed by atoms with van der Waals surface area (Å²) in [6.07, 6.45) is -1.37. The Hall–Kier alpha value is 0.0200. The minimum atomic E-state index is -4.93. The van der Waals surface area contributed by atoms with Crippen LogP contribution in [0, 0.1) is 5.92 Å². The summed E-state index contributed by atoms with van der Waals surface area (Å²) in [6.45, 7) is 4.57. The van der Waals surface area contributed by atoms with Gasteiger partial charge in [-0.25, -0.2) is 4.57 Å². The Balaban J connectivity index is 0.00000512. The molecule has 1 amide bonds. The van der Waals surface area contributed by atoms with E-state index >= 15 is 0 Å². The lowest BCUT2D eigenvalue weighted by Crippen LogP contribution is -2.65. The number of carbonyl (C=O) groups excluding carboxylic acids is 1. The first-order valence-corrected chi connectivity index (χ1v) is 13.6. The topological polar surface area (TPSA) is 180 Å². The molecule has 2 aliphatic heterocycles. The molecule has 0 radical (unpaired) electrons. The molecule has 0 aliphatic carbocycles. The zero-order valence-corrected chi connectivity index (χ0v) is 21.1. The van der Waals surface area contributed by atoms with Crippen LogP contribution in [0.3, 0.4) is 0 Å². The Labute approximate surface area is 197 Å². The van der Waals surface area contributed by atoms with E-state index in [0.29, 0.717) is 5.92 Å². The molecule has 0 aromatic carbocycles. The van der Waals surface area contributed by atoms with Gasteiger partial charge < -0.3 is 35.5 Å². The number of likely N-dealkylation sites (tertiary alicyclic amines) is 1. The SMILES string of the molecule is CCC[C@@H]1C[C@@H](C(=O)N[C@@H]([C@H]2O[C@H](SC)[C@H](OP(=O)(O)O)[C@@H](O)[C@H]2O)[C@H](C)Cl)N(C)C1.O. The Morgan fingerprint density at radius 3 is 2.50 bits per heavy atom. The molecule has 0 aromatic heterocycles. The third-order valence-electron chi connectivity index (χ3n) is 5.87. The highest BCUT2D eigenvalue weighted by atomic mass is 35.5. The first kappa shape index (κ1) is 30.1. The Morgan fingerprint density at radius 2 is 2.00 bits per heavy atom. The van der Waals surface area contributed by atoms with Crippen molar-refractivity contribution in [2.75, 3.05) is 19.8 Å². The number of thioether (sulfide) groups is 1. The highest BCUT2D eigenvalue weighted by molar-refractivity contribution is 7.99. The predicted octanol–water partition coefficient (Wildman–Crippen LogP) is -0.318. The molecule has 0 unspecified atom stereocenters. The quantitative estimate of drug-likeness (QED) is 0.199. The normalized spacial score (nSPS) is 35.7. The van der Waals surface area contributed by atoms with Crippen LogP contribution in [0.25, 0.3) is 0 Å². The van der Waals surface area contributed by atoms with Crippen LogP contribution >= 0.6 is 31.2 Å². The summed E-state index contributed by atoms with van der Waals surface area (Å²) in [5.74, 6) is 0.195. The van der Waals surface area contributed by atoms with Crippen LogP contribution in [0.2, 0.25) is 0 Å². The van der Waals surface area contributed by atoms with Crippen LogP contribution in [0.5, 0.6) is 0 Å². The molecule has 7 N–H and O–H groups in total. The molecule has 190 valence electrons. The number of phosphoric ester groups is 1. The molecule has 0 bridgehead atoms. The number of rotatable bonds is 9. The number of amides is 1. The van der Waals surface area contributed by atoms with E-state index in [1.165, 1.54) is 0 Å². The predicted molar refractivity (Wildman–Crippen MR) is 121 cm³/mol. The number of hydrogen-bond acceptors (Lipinski definition) is 8. The third-order valence-corrected chi connectivity index (χ3v) is 7.50. The summed E-state index contributed by atoms with van der Waals surface area (Å²) in [4.78, 5) is 33.3. The molecule has 11 nitrogen and oxygen atoms in total. The summed E-state index contributed by atoms with van der Waals surface area (Å²) < 4.78 is 21.7. The van der Waals surface area contributed by atoms with E-state index in [-0.39, 0.29) is 17.4 Å².